The third kappa shape index (κ3) is 4.05. The predicted molar refractivity (Wildman–Crippen MR) is 85.0 cm³/mol. The lowest BCUT2D eigenvalue weighted by atomic mass is 10.0. The molecular weight excluding hydrogens is 285 g/mol. The van der Waals surface area contributed by atoms with Crippen LogP contribution in [0.25, 0.3) is 0 Å². The van der Waals surface area contributed by atoms with Gasteiger partial charge in [0.25, 0.3) is 0 Å². The summed E-state index contributed by atoms with van der Waals surface area (Å²) >= 11 is 5.95. The van der Waals surface area contributed by atoms with E-state index in [9.17, 15) is 4.39 Å². The second-order valence-electron chi connectivity index (χ2n) is 5.70. The van der Waals surface area contributed by atoms with Crippen molar-refractivity contribution in [2.45, 2.75) is 25.3 Å². The molecule has 3 heteroatoms. The molecule has 0 radical (unpaired) electrons. The summed E-state index contributed by atoms with van der Waals surface area (Å²) < 4.78 is 13.2. The van der Waals surface area contributed by atoms with Crippen molar-refractivity contribution in [1.29, 1.82) is 0 Å². The summed E-state index contributed by atoms with van der Waals surface area (Å²) in [5.74, 6) is 0.558. The van der Waals surface area contributed by atoms with Crippen LogP contribution in [0.1, 0.15) is 30.0 Å². The lowest BCUT2D eigenvalue weighted by Crippen LogP contribution is -2.25. The van der Waals surface area contributed by atoms with Gasteiger partial charge in [-0.25, -0.2) is 4.39 Å². The first kappa shape index (κ1) is 14.6. The average Bonchev–Trinajstić information content (AvgIpc) is 3.30. The minimum absolute atomic E-state index is 0.163. The molecule has 1 aliphatic rings. The zero-order chi connectivity index (χ0) is 14.7. The highest BCUT2D eigenvalue weighted by atomic mass is 35.5. The second-order valence-corrected chi connectivity index (χ2v) is 6.14. The van der Waals surface area contributed by atoms with Gasteiger partial charge in [-0.05, 0) is 67.1 Å². The molecule has 1 aliphatic carbocycles. The molecule has 0 bridgehead atoms. The van der Waals surface area contributed by atoms with Gasteiger partial charge in [-0.2, -0.15) is 0 Å². The van der Waals surface area contributed by atoms with Gasteiger partial charge < -0.3 is 5.32 Å². The first-order chi connectivity index (χ1) is 10.2. The summed E-state index contributed by atoms with van der Waals surface area (Å²) in [5, 5.41) is 4.39. The Morgan fingerprint density at radius 1 is 1.14 bits per heavy atom. The Balaban J connectivity index is 1.60. The summed E-state index contributed by atoms with van der Waals surface area (Å²) in [4.78, 5) is 0. The van der Waals surface area contributed by atoms with Gasteiger partial charge in [-0.3, -0.25) is 0 Å². The summed E-state index contributed by atoms with van der Waals surface area (Å²) in [7, 11) is 0. The Bertz CT molecular complexity index is 592. The lowest BCUT2D eigenvalue weighted by molar-refractivity contribution is 0.484. The Morgan fingerprint density at radius 3 is 2.57 bits per heavy atom. The highest BCUT2D eigenvalue weighted by Gasteiger charge is 2.31. The van der Waals surface area contributed by atoms with Crippen molar-refractivity contribution in [2.24, 2.45) is 5.92 Å². The molecule has 2 aromatic carbocycles. The van der Waals surface area contributed by atoms with Crippen molar-refractivity contribution >= 4 is 11.6 Å². The summed E-state index contributed by atoms with van der Waals surface area (Å²) in [6.07, 6.45) is 3.40. The highest BCUT2D eigenvalue weighted by molar-refractivity contribution is 6.30. The molecule has 0 spiro atoms. The molecule has 1 atom stereocenters. The molecule has 0 heterocycles. The molecule has 0 amide bonds. The van der Waals surface area contributed by atoms with E-state index in [0.717, 1.165) is 29.5 Å². The molecule has 1 fully saturated rings. The third-order valence-electron chi connectivity index (χ3n) is 3.99. The Morgan fingerprint density at radius 2 is 1.90 bits per heavy atom. The SMILES string of the molecule is Fc1cccc(CCNC(c2ccc(Cl)cc2)C2CC2)c1. The topological polar surface area (TPSA) is 12.0 Å². The van der Waals surface area contributed by atoms with Crippen molar-refractivity contribution in [1.82, 2.24) is 5.32 Å². The van der Waals surface area contributed by atoms with Gasteiger partial charge in [0.2, 0.25) is 0 Å². The fourth-order valence-electron chi connectivity index (χ4n) is 2.72. The van der Waals surface area contributed by atoms with Crippen LogP contribution in [0.2, 0.25) is 5.02 Å². The Labute approximate surface area is 130 Å². The fourth-order valence-corrected chi connectivity index (χ4v) is 2.85. The molecule has 2 aromatic rings. The minimum Gasteiger partial charge on any atom is -0.309 e. The summed E-state index contributed by atoms with van der Waals surface area (Å²) in [5.41, 5.74) is 2.33. The first-order valence-corrected chi connectivity index (χ1v) is 7.83. The number of rotatable bonds is 6. The van der Waals surface area contributed by atoms with E-state index in [0.29, 0.717) is 6.04 Å². The number of hydrogen-bond acceptors (Lipinski definition) is 1. The maximum atomic E-state index is 13.2. The molecule has 0 aliphatic heterocycles. The molecule has 110 valence electrons. The van der Waals surface area contributed by atoms with Crippen LogP contribution in [0.5, 0.6) is 0 Å². The van der Waals surface area contributed by atoms with E-state index in [1.165, 1.54) is 24.5 Å². The van der Waals surface area contributed by atoms with Crippen molar-refractivity contribution in [3.63, 3.8) is 0 Å². The Hall–Kier alpha value is -1.38. The Kier molecular flexibility index (Phi) is 4.57. The monoisotopic (exact) mass is 303 g/mol. The van der Waals surface area contributed by atoms with Crippen LogP contribution in [0.15, 0.2) is 48.5 Å². The van der Waals surface area contributed by atoms with Crippen molar-refractivity contribution in [2.75, 3.05) is 6.54 Å². The van der Waals surface area contributed by atoms with E-state index >= 15 is 0 Å². The number of hydrogen-bond donors (Lipinski definition) is 1. The fraction of sp³-hybridized carbons (Fsp3) is 0.333. The van der Waals surface area contributed by atoms with Gasteiger partial charge in [0.05, 0.1) is 0 Å². The smallest absolute Gasteiger partial charge is 0.123 e. The normalized spacial score (nSPS) is 15.9. The molecule has 1 saturated carbocycles. The molecule has 1 unspecified atom stereocenters. The van der Waals surface area contributed by atoms with Gasteiger partial charge in [0.15, 0.2) is 0 Å². The molecule has 3 rings (SSSR count). The van der Waals surface area contributed by atoms with E-state index in [2.05, 4.69) is 17.4 Å². The highest BCUT2D eigenvalue weighted by Crippen LogP contribution is 2.41. The molecular formula is C18H19ClFN. The molecule has 0 saturated heterocycles. The first-order valence-electron chi connectivity index (χ1n) is 7.45. The number of nitrogens with one attached hydrogen (secondary N) is 1. The van der Waals surface area contributed by atoms with Crippen LogP contribution < -0.4 is 5.32 Å². The van der Waals surface area contributed by atoms with Gasteiger partial charge in [0, 0.05) is 11.1 Å². The molecule has 1 N–H and O–H groups in total. The minimum atomic E-state index is -0.163. The van der Waals surface area contributed by atoms with E-state index in [1.54, 1.807) is 12.1 Å². The molecule has 21 heavy (non-hydrogen) atoms. The van der Waals surface area contributed by atoms with Crippen molar-refractivity contribution < 1.29 is 4.39 Å². The standard InChI is InChI=1S/C18H19ClFN/c19-16-8-6-15(7-9-16)18(14-4-5-14)21-11-10-13-2-1-3-17(20)12-13/h1-3,6-9,12,14,18,21H,4-5,10-11H2. The van der Waals surface area contributed by atoms with Gasteiger partial charge in [0.1, 0.15) is 5.82 Å². The predicted octanol–water partition coefficient (Wildman–Crippen LogP) is 4.76. The van der Waals surface area contributed by atoms with E-state index in [4.69, 9.17) is 11.6 Å². The second kappa shape index (κ2) is 6.59. The maximum absolute atomic E-state index is 13.2. The van der Waals surface area contributed by atoms with Crippen LogP contribution in [0.3, 0.4) is 0 Å². The van der Waals surface area contributed by atoms with Crippen LogP contribution >= 0.6 is 11.6 Å². The van der Waals surface area contributed by atoms with Gasteiger partial charge >= 0.3 is 0 Å². The molecule has 1 nitrogen and oxygen atoms in total. The van der Waals surface area contributed by atoms with Crippen LogP contribution in [0, 0.1) is 11.7 Å². The van der Waals surface area contributed by atoms with E-state index in [1.807, 2.05) is 18.2 Å². The maximum Gasteiger partial charge on any atom is 0.123 e. The quantitative estimate of drug-likeness (QED) is 0.811. The number of benzene rings is 2. The van der Waals surface area contributed by atoms with Crippen LogP contribution in [-0.2, 0) is 6.42 Å². The van der Waals surface area contributed by atoms with Crippen molar-refractivity contribution in [3.05, 3.63) is 70.5 Å². The number of halogens is 2. The van der Waals surface area contributed by atoms with Crippen LogP contribution in [-0.4, -0.2) is 6.54 Å². The zero-order valence-corrected chi connectivity index (χ0v) is 12.6. The van der Waals surface area contributed by atoms with Gasteiger partial charge in [-0.1, -0.05) is 35.9 Å². The average molecular weight is 304 g/mol. The van der Waals surface area contributed by atoms with Crippen molar-refractivity contribution in [3.8, 4) is 0 Å². The van der Waals surface area contributed by atoms with E-state index < -0.39 is 0 Å². The lowest BCUT2D eigenvalue weighted by Gasteiger charge is -2.19. The van der Waals surface area contributed by atoms with E-state index in [-0.39, 0.29) is 5.82 Å². The summed E-state index contributed by atoms with van der Waals surface area (Å²) in [6, 6.07) is 15.3. The largest absolute Gasteiger partial charge is 0.309 e. The van der Waals surface area contributed by atoms with Crippen LogP contribution in [0.4, 0.5) is 4.39 Å². The summed E-state index contributed by atoms with van der Waals surface area (Å²) in [6.45, 7) is 0.854. The van der Waals surface area contributed by atoms with Gasteiger partial charge in [-0.15, -0.1) is 0 Å². The third-order valence-corrected chi connectivity index (χ3v) is 4.24. The zero-order valence-electron chi connectivity index (χ0n) is 11.9. The molecule has 0 aromatic heterocycles.